The maximum absolute atomic E-state index is 13.3. The van der Waals surface area contributed by atoms with Crippen LogP contribution in [0.15, 0.2) is 34.1 Å². The highest BCUT2D eigenvalue weighted by atomic mass is 32.1. The molecule has 0 saturated heterocycles. The zero-order valence-electron chi connectivity index (χ0n) is 17.8. The summed E-state index contributed by atoms with van der Waals surface area (Å²) in [6.07, 6.45) is 0.671. The molecule has 30 heavy (non-hydrogen) atoms. The molecule has 0 aliphatic carbocycles. The van der Waals surface area contributed by atoms with Crippen LogP contribution in [0.2, 0.25) is 0 Å². The molecule has 3 heterocycles. The van der Waals surface area contributed by atoms with Gasteiger partial charge in [-0.2, -0.15) is 5.10 Å². The lowest BCUT2D eigenvalue weighted by atomic mass is 10.1. The first kappa shape index (κ1) is 22.5. The van der Waals surface area contributed by atoms with Crippen molar-refractivity contribution in [1.29, 1.82) is 0 Å². The Labute approximate surface area is 185 Å². The van der Waals surface area contributed by atoms with Crippen LogP contribution in [0.1, 0.15) is 41.6 Å². The maximum Gasteiger partial charge on any atom is 0.318 e. The van der Waals surface area contributed by atoms with Crippen LogP contribution in [0, 0.1) is 6.92 Å². The SMILES string of the molecule is COCCN(CC(=O)N1N=C(c2cccs2)CC1c1sccc1C)C(=O)NC(C)C. The highest BCUT2D eigenvalue weighted by molar-refractivity contribution is 7.12. The van der Waals surface area contributed by atoms with Crippen LogP contribution < -0.4 is 5.32 Å². The van der Waals surface area contributed by atoms with E-state index in [0.717, 1.165) is 21.0 Å². The van der Waals surface area contributed by atoms with E-state index in [2.05, 4.69) is 18.3 Å². The number of hydrazone groups is 1. The molecular formula is C21H28N4O3S2. The predicted octanol–water partition coefficient (Wildman–Crippen LogP) is 3.86. The molecule has 2 aromatic rings. The summed E-state index contributed by atoms with van der Waals surface area (Å²) in [5, 5.41) is 13.2. The Morgan fingerprint density at radius 3 is 2.73 bits per heavy atom. The van der Waals surface area contributed by atoms with Crippen molar-refractivity contribution >= 4 is 40.3 Å². The Hall–Kier alpha value is -2.23. The number of thiophene rings is 2. The first-order valence-electron chi connectivity index (χ1n) is 9.92. The second kappa shape index (κ2) is 10.2. The number of hydrogen-bond acceptors (Lipinski definition) is 6. The monoisotopic (exact) mass is 448 g/mol. The molecule has 1 aliphatic heterocycles. The molecule has 3 rings (SSSR count). The summed E-state index contributed by atoms with van der Waals surface area (Å²) in [6, 6.07) is 5.63. The number of ether oxygens (including phenoxy) is 1. The van der Waals surface area contributed by atoms with Gasteiger partial charge >= 0.3 is 6.03 Å². The van der Waals surface area contributed by atoms with Gasteiger partial charge in [-0.1, -0.05) is 6.07 Å². The van der Waals surface area contributed by atoms with Gasteiger partial charge < -0.3 is 15.0 Å². The molecule has 0 spiro atoms. The third-order valence-electron chi connectivity index (χ3n) is 4.77. The van der Waals surface area contributed by atoms with Gasteiger partial charge in [0.05, 0.1) is 23.2 Å². The normalized spacial score (nSPS) is 16.1. The van der Waals surface area contributed by atoms with Crippen molar-refractivity contribution in [2.75, 3.05) is 26.8 Å². The molecule has 0 bridgehead atoms. The van der Waals surface area contributed by atoms with Gasteiger partial charge in [0.25, 0.3) is 5.91 Å². The van der Waals surface area contributed by atoms with Gasteiger partial charge in [-0.3, -0.25) is 4.79 Å². The number of nitrogens with zero attached hydrogens (tertiary/aromatic N) is 3. The van der Waals surface area contributed by atoms with Crippen LogP contribution in [0.3, 0.4) is 0 Å². The number of amides is 3. The number of hydrogen-bond donors (Lipinski definition) is 1. The van der Waals surface area contributed by atoms with E-state index < -0.39 is 0 Å². The summed E-state index contributed by atoms with van der Waals surface area (Å²) < 4.78 is 5.13. The number of aryl methyl sites for hydroxylation is 1. The van der Waals surface area contributed by atoms with Gasteiger partial charge in [-0.15, -0.1) is 22.7 Å². The minimum Gasteiger partial charge on any atom is -0.383 e. The van der Waals surface area contributed by atoms with Crippen LogP contribution in [0.25, 0.3) is 0 Å². The van der Waals surface area contributed by atoms with E-state index in [9.17, 15) is 9.59 Å². The highest BCUT2D eigenvalue weighted by Crippen LogP contribution is 2.37. The minimum absolute atomic E-state index is 0.0191. The smallest absolute Gasteiger partial charge is 0.318 e. The Balaban J connectivity index is 1.83. The van der Waals surface area contributed by atoms with Crippen LogP contribution in [0.4, 0.5) is 4.79 Å². The van der Waals surface area contributed by atoms with Gasteiger partial charge in [-0.05, 0) is 49.2 Å². The molecule has 9 heteroatoms. The number of rotatable bonds is 8. The second-order valence-electron chi connectivity index (χ2n) is 7.47. The Bertz CT molecular complexity index is 892. The van der Waals surface area contributed by atoms with Crippen LogP contribution in [0.5, 0.6) is 0 Å². The molecule has 0 radical (unpaired) electrons. The third-order valence-corrected chi connectivity index (χ3v) is 6.81. The zero-order valence-corrected chi connectivity index (χ0v) is 19.4. The Kier molecular flexibility index (Phi) is 7.63. The Morgan fingerprint density at radius 2 is 2.13 bits per heavy atom. The largest absolute Gasteiger partial charge is 0.383 e. The number of carbonyl (C=O) groups excluding carboxylic acids is 2. The summed E-state index contributed by atoms with van der Waals surface area (Å²) >= 11 is 3.26. The van der Waals surface area contributed by atoms with Gasteiger partial charge in [0.2, 0.25) is 0 Å². The van der Waals surface area contributed by atoms with Gasteiger partial charge in [0.15, 0.2) is 0 Å². The summed E-state index contributed by atoms with van der Waals surface area (Å²) in [5.74, 6) is -0.200. The van der Waals surface area contributed by atoms with Crippen molar-refractivity contribution in [3.8, 4) is 0 Å². The van der Waals surface area contributed by atoms with E-state index in [4.69, 9.17) is 9.84 Å². The quantitative estimate of drug-likeness (QED) is 0.666. The highest BCUT2D eigenvalue weighted by Gasteiger charge is 2.36. The molecule has 1 atom stereocenters. The van der Waals surface area contributed by atoms with E-state index >= 15 is 0 Å². The van der Waals surface area contributed by atoms with Gasteiger partial charge in [0.1, 0.15) is 6.54 Å². The van der Waals surface area contributed by atoms with E-state index in [-0.39, 0.29) is 30.6 Å². The van der Waals surface area contributed by atoms with Gasteiger partial charge in [-0.25, -0.2) is 9.80 Å². The third kappa shape index (κ3) is 5.27. The molecule has 2 aromatic heterocycles. The van der Waals surface area contributed by atoms with Crippen LogP contribution >= 0.6 is 22.7 Å². The first-order valence-corrected chi connectivity index (χ1v) is 11.7. The summed E-state index contributed by atoms with van der Waals surface area (Å²) in [7, 11) is 1.58. The van der Waals surface area contributed by atoms with E-state index in [1.165, 1.54) is 4.90 Å². The fourth-order valence-corrected chi connectivity index (χ4v) is 5.02. The predicted molar refractivity (Wildman–Crippen MR) is 121 cm³/mol. The molecular weight excluding hydrogens is 420 g/mol. The molecule has 7 nitrogen and oxygen atoms in total. The lowest BCUT2D eigenvalue weighted by molar-refractivity contribution is -0.133. The molecule has 162 valence electrons. The number of methoxy groups -OCH3 is 1. The standard InChI is InChI=1S/C21H28N4O3S2/c1-14(2)22-21(27)24(8-9-28-4)13-19(26)25-17(20-15(3)7-11-30-20)12-16(23-25)18-6-5-10-29-18/h5-7,10-11,14,17H,8-9,12-13H2,1-4H3,(H,22,27). The lowest BCUT2D eigenvalue weighted by Gasteiger charge is -2.27. The van der Waals surface area contributed by atoms with E-state index in [1.54, 1.807) is 34.8 Å². The van der Waals surface area contributed by atoms with E-state index in [0.29, 0.717) is 19.6 Å². The minimum atomic E-state index is -0.277. The maximum atomic E-state index is 13.3. The van der Waals surface area contributed by atoms with Crippen LogP contribution in [-0.2, 0) is 9.53 Å². The molecule has 0 fully saturated rings. The van der Waals surface area contributed by atoms with Crippen molar-refractivity contribution in [2.24, 2.45) is 5.10 Å². The summed E-state index contributed by atoms with van der Waals surface area (Å²) in [4.78, 5) is 29.6. The Morgan fingerprint density at radius 1 is 1.33 bits per heavy atom. The number of nitrogens with one attached hydrogen (secondary N) is 1. The summed E-state index contributed by atoms with van der Waals surface area (Å²) in [6.45, 7) is 6.47. The molecule has 0 saturated carbocycles. The van der Waals surface area contributed by atoms with Gasteiger partial charge in [0, 0.05) is 31.0 Å². The van der Waals surface area contributed by atoms with E-state index in [1.807, 2.05) is 36.7 Å². The average Bonchev–Trinajstić information content (AvgIpc) is 3.43. The van der Waals surface area contributed by atoms with Crippen molar-refractivity contribution in [3.05, 3.63) is 44.3 Å². The zero-order chi connectivity index (χ0) is 21.7. The fourth-order valence-electron chi connectivity index (χ4n) is 3.29. The van der Waals surface area contributed by atoms with Crippen molar-refractivity contribution in [1.82, 2.24) is 15.2 Å². The second-order valence-corrected chi connectivity index (χ2v) is 9.36. The van der Waals surface area contributed by atoms with Crippen LogP contribution in [-0.4, -0.2) is 60.4 Å². The molecule has 1 aliphatic rings. The number of carbonyl (C=O) groups is 2. The molecule has 3 amide bonds. The topological polar surface area (TPSA) is 74.2 Å². The molecule has 1 unspecified atom stereocenters. The first-order chi connectivity index (χ1) is 14.4. The number of urea groups is 1. The summed E-state index contributed by atoms with van der Waals surface area (Å²) in [5.41, 5.74) is 2.06. The molecule has 1 N–H and O–H groups in total. The van der Waals surface area contributed by atoms with Crippen molar-refractivity contribution in [2.45, 2.75) is 39.3 Å². The average molecular weight is 449 g/mol. The van der Waals surface area contributed by atoms with Crippen molar-refractivity contribution in [3.63, 3.8) is 0 Å². The molecule has 0 aromatic carbocycles. The van der Waals surface area contributed by atoms with Crippen molar-refractivity contribution < 1.29 is 14.3 Å². The lowest BCUT2D eigenvalue weighted by Crippen LogP contribution is -2.48. The fraction of sp³-hybridized carbons (Fsp3) is 0.476.